The summed E-state index contributed by atoms with van der Waals surface area (Å²) in [5.74, 6) is 0.843. The Kier molecular flexibility index (Phi) is 4.11. The van der Waals surface area contributed by atoms with E-state index in [1.54, 1.807) is 0 Å². The highest BCUT2D eigenvalue weighted by Gasteiger charge is 2.19. The van der Waals surface area contributed by atoms with Crippen LogP contribution in [0.25, 0.3) is 0 Å². The first-order valence-corrected chi connectivity index (χ1v) is 5.69. The molecule has 2 nitrogen and oxygen atoms in total. The first-order chi connectivity index (χ1) is 7.44. The van der Waals surface area contributed by atoms with E-state index in [0.717, 1.165) is 0 Å². The summed E-state index contributed by atoms with van der Waals surface area (Å²) < 4.78 is 5.45. The minimum Gasteiger partial charge on any atom is -0.493 e. The number of para-hydroxylation sites is 1. The Balaban J connectivity index is 2.90. The number of ketones is 1. The lowest BCUT2D eigenvalue weighted by Gasteiger charge is -2.17. The molecule has 0 heterocycles. The van der Waals surface area contributed by atoms with Crippen molar-refractivity contribution in [3.05, 3.63) is 29.8 Å². The third-order valence-electron chi connectivity index (χ3n) is 2.18. The molecule has 0 radical (unpaired) electrons. The minimum absolute atomic E-state index is 0.0103. The SMILES string of the molecule is CCOc1ccccc1C(=O)CC(C)(C)C. The standard InChI is InChI=1S/C14H20O2/c1-5-16-13-9-7-6-8-11(13)12(15)10-14(2,3)4/h6-9H,5,10H2,1-4H3. The number of hydrogen-bond donors (Lipinski definition) is 0. The molecule has 0 spiro atoms. The third kappa shape index (κ3) is 3.69. The molecule has 0 unspecified atom stereocenters. The van der Waals surface area contributed by atoms with Crippen LogP contribution in [0.15, 0.2) is 24.3 Å². The van der Waals surface area contributed by atoms with Gasteiger partial charge in [0.05, 0.1) is 12.2 Å². The minimum atomic E-state index is 0.0103. The molecule has 1 aromatic rings. The zero-order chi connectivity index (χ0) is 12.2. The molecule has 2 heteroatoms. The topological polar surface area (TPSA) is 26.3 Å². The summed E-state index contributed by atoms with van der Waals surface area (Å²) in [6.07, 6.45) is 0.539. The lowest BCUT2D eigenvalue weighted by atomic mass is 9.87. The quantitative estimate of drug-likeness (QED) is 0.723. The van der Waals surface area contributed by atoms with Crippen LogP contribution in [0.4, 0.5) is 0 Å². The fourth-order valence-corrected chi connectivity index (χ4v) is 1.56. The van der Waals surface area contributed by atoms with Gasteiger partial charge in [0, 0.05) is 6.42 Å². The van der Waals surface area contributed by atoms with E-state index >= 15 is 0 Å². The molecule has 1 aromatic carbocycles. The van der Waals surface area contributed by atoms with Crippen molar-refractivity contribution >= 4 is 5.78 Å². The Morgan fingerprint density at radius 3 is 2.44 bits per heavy atom. The number of hydrogen-bond acceptors (Lipinski definition) is 2. The maximum atomic E-state index is 12.1. The highest BCUT2D eigenvalue weighted by molar-refractivity contribution is 5.98. The van der Waals surface area contributed by atoms with E-state index in [9.17, 15) is 4.79 Å². The van der Waals surface area contributed by atoms with Crippen LogP contribution in [-0.2, 0) is 0 Å². The Morgan fingerprint density at radius 2 is 1.88 bits per heavy atom. The number of carbonyl (C=O) groups is 1. The van der Waals surface area contributed by atoms with E-state index in [1.807, 2.05) is 31.2 Å². The summed E-state index contributed by atoms with van der Waals surface area (Å²) in [5, 5.41) is 0. The Labute approximate surface area is 97.6 Å². The highest BCUT2D eigenvalue weighted by Crippen LogP contribution is 2.26. The normalized spacial score (nSPS) is 11.2. The lowest BCUT2D eigenvalue weighted by molar-refractivity contribution is 0.0936. The van der Waals surface area contributed by atoms with Gasteiger partial charge in [-0.05, 0) is 24.5 Å². The molecule has 0 atom stereocenters. The molecular weight excluding hydrogens is 200 g/mol. The van der Waals surface area contributed by atoms with Crippen LogP contribution < -0.4 is 4.74 Å². The van der Waals surface area contributed by atoms with Crippen molar-refractivity contribution in [3.63, 3.8) is 0 Å². The second-order valence-corrected chi connectivity index (χ2v) is 5.09. The maximum Gasteiger partial charge on any atom is 0.167 e. The molecule has 16 heavy (non-hydrogen) atoms. The van der Waals surface area contributed by atoms with E-state index < -0.39 is 0 Å². The summed E-state index contributed by atoms with van der Waals surface area (Å²) in [7, 11) is 0. The maximum absolute atomic E-state index is 12.1. The van der Waals surface area contributed by atoms with Crippen LogP contribution in [0, 0.1) is 5.41 Å². The molecular formula is C14H20O2. The van der Waals surface area contributed by atoms with E-state index in [-0.39, 0.29) is 11.2 Å². The van der Waals surface area contributed by atoms with Gasteiger partial charge in [0.25, 0.3) is 0 Å². The predicted molar refractivity (Wildman–Crippen MR) is 66.0 cm³/mol. The van der Waals surface area contributed by atoms with Crippen molar-refractivity contribution in [2.75, 3.05) is 6.61 Å². The molecule has 0 N–H and O–H groups in total. The molecule has 88 valence electrons. The largest absolute Gasteiger partial charge is 0.493 e. The fourth-order valence-electron chi connectivity index (χ4n) is 1.56. The van der Waals surface area contributed by atoms with Gasteiger partial charge in [-0.15, -0.1) is 0 Å². The molecule has 0 aliphatic carbocycles. The van der Waals surface area contributed by atoms with Crippen LogP contribution in [0.3, 0.4) is 0 Å². The summed E-state index contributed by atoms with van der Waals surface area (Å²) in [5.41, 5.74) is 0.704. The molecule has 0 fully saturated rings. The second-order valence-electron chi connectivity index (χ2n) is 5.09. The van der Waals surface area contributed by atoms with Gasteiger partial charge in [-0.2, -0.15) is 0 Å². The zero-order valence-electron chi connectivity index (χ0n) is 10.5. The van der Waals surface area contributed by atoms with Gasteiger partial charge in [0.1, 0.15) is 5.75 Å². The summed E-state index contributed by atoms with van der Waals surface area (Å²) in [6.45, 7) is 8.70. The number of carbonyl (C=O) groups excluding carboxylic acids is 1. The predicted octanol–water partition coefficient (Wildman–Crippen LogP) is 3.70. The van der Waals surface area contributed by atoms with Crippen molar-refractivity contribution in [2.45, 2.75) is 34.1 Å². The smallest absolute Gasteiger partial charge is 0.167 e. The van der Waals surface area contributed by atoms with Crippen LogP contribution in [0.2, 0.25) is 0 Å². The highest BCUT2D eigenvalue weighted by atomic mass is 16.5. The van der Waals surface area contributed by atoms with Gasteiger partial charge in [-0.3, -0.25) is 4.79 Å². The molecule has 0 bridgehead atoms. The van der Waals surface area contributed by atoms with Crippen molar-refractivity contribution < 1.29 is 9.53 Å². The average molecular weight is 220 g/mol. The van der Waals surface area contributed by atoms with Crippen molar-refractivity contribution in [1.29, 1.82) is 0 Å². The third-order valence-corrected chi connectivity index (χ3v) is 2.18. The van der Waals surface area contributed by atoms with E-state index in [1.165, 1.54) is 0 Å². The molecule has 0 aromatic heterocycles. The number of benzene rings is 1. The van der Waals surface area contributed by atoms with Crippen LogP contribution in [-0.4, -0.2) is 12.4 Å². The Hall–Kier alpha value is -1.31. The van der Waals surface area contributed by atoms with Crippen LogP contribution in [0.1, 0.15) is 44.5 Å². The molecule has 0 saturated heterocycles. The molecule has 0 aliphatic heterocycles. The molecule has 1 rings (SSSR count). The Bertz CT molecular complexity index is 361. The summed E-state index contributed by atoms with van der Waals surface area (Å²) in [6, 6.07) is 7.44. The van der Waals surface area contributed by atoms with Gasteiger partial charge in [-0.25, -0.2) is 0 Å². The van der Waals surface area contributed by atoms with Crippen molar-refractivity contribution in [3.8, 4) is 5.75 Å². The van der Waals surface area contributed by atoms with Crippen LogP contribution >= 0.6 is 0 Å². The fraction of sp³-hybridized carbons (Fsp3) is 0.500. The first kappa shape index (κ1) is 12.8. The van der Waals surface area contributed by atoms with Crippen molar-refractivity contribution in [1.82, 2.24) is 0 Å². The second kappa shape index (κ2) is 5.15. The lowest BCUT2D eigenvalue weighted by Crippen LogP contribution is -2.14. The van der Waals surface area contributed by atoms with Gasteiger partial charge >= 0.3 is 0 Å². The molecule has 0 amide bonds. The van der Waals surface area contributed by atoms with Crippen LogP contribution in [0.5, 0.6) is 5.75 Å². The molecule has 0 saturated carbocycles. The van der Waals surface area contributed by atoms with E-state index in [2.05, 4.69) is 20.8 Å². The Morgan fingerprint density at radius 1 is 1.25 bits per heavy atom. The van der Waals surface area contributed by atoms with E-state index in [0.29, 0.717) is 24.3 Å². The van der Waals surface area contributed by atoms with Crippen molar-refractivity contribution in [2.24, 2.45) is 5.41 Å². The summed E-state index contributed by atoms with van der Waals surface area (Å²) in [4.78, 5) is 12.1. The molecule has 0 aliphatic rings. The van der Waals surface area contributed by atoms with Gasteiger partial charge in [0.2, 0.25) is 0 Å². The zero-order valence-corrected chi connectivity index (χ0v) is 10.5. The average Bonchev–Trinajstić information content (AvgIpc) is 2.16. The van der Waals surface area contributed by atoms with Gasteiger partial charge < -0.3 is 4.74 Å². The first-order valence-electron chi connectivity index (χ1n) is 5.69. The van der Waals surface area contributed by atoms with Gasteiger partial charge in [-0.1, -0.05) is 32.9 Å². The monoisotopic (exact) mass is 220 g/mol. The number of ether oxygens (including phenoxy) is 1. The van der Waals surface area contributed by atoms with E-state index in [4.69, 9.17) is 4.74 Å². The number of rotatable bonds is 4. The van der Waals surface area contributed by atoms with Gasteiger partial charge in [0.15, 0.2) is 5.78 Å². The summed E-state index contributed by atoms with van der Waals surface area (Å²) >= 11 is 0. The number of Topliss-reactive ketones (excluding diaryl/α,β-unsaturated/α-hetero) is 1.